The quantitative estimate of drug-likeness (QED) is 0.685. The first-order chi connectivity index (χ1) is 11.5. The minimum Gasteiger partial charge on any atom is -0.346 e. The van der Waals surface area contributed by atoms with E-state index in [-0.39, 0.29) is 17.6 Å². The molecule has 24 heavy (non-hydrogen) atoms. The summed E-state index contributed by atoms with van der Waals surface area (Å²) in [4.78, 5) is 23.0. The van der Waals surface area contributed by atoms with Crippen molar-refractivity contribution in [2.24, 2.45) is 0 Å². The van der Waals surface area contributed by atoms with Crippen LogP contribution in [0.4, 0.5) is 5.69 Å². The van der Waals surface area contributed by atoms with E-state index in [9.17, 15) is 14.9 Å². The van der Waals surface area contributed by atoms with Crippen LogP contribution in [0.2, 0.25) is 0 Å². The van der Waals surface area contributed by atoms with E-state index in [2.05, 4.69) is 17.4 Å². The van der Waals surface area contributed by atoms with Crippen molar-refractivity contribution in [3.63, 3.8) is 0 Å². The molecule has 0 aromatic heterocycles. The van der Waals surface area contributed by atoms with Crippen molar-refractivity contribution in [2.45, 2.75) is 39.2 Å². The smallest absolute Gasteiger partial charge is 0.273 e. The fourth-order valence-electron chi connectivity index (χ4n) is 3.17. The van der Waals surface area contributed by atoms with E-state index in [0.717, 1.165) is 18.4 Å². The third-order valence-electron chi connectivity index (χ3n) is 4.64. The highest BCUT2D eigenvalue weighted by Gasteiger charge is 2.18. The van der Waals surface area contributed by atoms with Gasteiger partial charge in [0.15, 0.2) is 0 Å². The molecule has 0 spiro atoms. The molecule has 2 aromatic carbocycles. The molecule has 1 N–H and O–H groups in total. The van der Waals surface area contributed by atoms with E-state index >= 15 is 0 Å². The van der Waals surface area contributed by atoms with Crippen molar-refractivity contribution >= 4 is 11.6 Å². The normalized spacial score (nSPS) is 14.1. The minimum absolute atomic E-state index is 0.0344. The lowest BCUT2D eigenvalue weighted by molar-refractivity contribution is -0.385. The number of fused-ring (bicyclic) bond motifs is 1. The van der Waals surface area contributed by atoms with Gasteiger partial charge in [-0.15, -0.1) is 0 Å². The van der Waals surface area contributed by atoms with Gasteiger partial charge in [0.25, 0.3) is 11.6 Å². The monoisotopic (exact) mass is 324 g/mol. The van der Waals surface area contributed by atoms with Crippen LogP contribution >= 0.6 is 0 Å². The van der Waals surface area contributed by atoms with E-state index < -0.39 is 4.92 Å². The Bertz CT molecular complexity index is 814. The third kappa shape index (κ3) is 3.15. The van der Waals surface area contributed by atoms with Crippen LogP contribution < -0.4 is 5.32 Å². The molecular weight excluding hydrogens is 304 g/mol. The van der Waals surface area contributed by atoms with E-state index in [4.69, 9.17) is 0 Å². The van der Waals surface area contributed by atoms with Gasteiger partial charge in [-0.1, -0.05) is 24.3 Å². The van der Waals surface area contributed by atoms with E-state index in [1.165, 1.54) is 23.6 Å². The summed E-state index contributed by atoms with van der Waals surface area (Å²) in [7, 11) is 0. The average Bonchev–Trinajstić information content (AvgIpc) is 3.02. The predicted octanol–water partition coefficient (Wildman–Crippen LogP) is 3.88. The molecule has 0 saturated carbocycles. The van der Waals surface area contributed by atoms with Crippen LogP contribution in [0.5, 0.6) is 0 Å². The molecule has 1 aliphatic rings. The molecule has 1 amide bonds. The predicted molar refractivity (Wildman–Crippen MR) is 92.2 cm³/mol. The molecule has 0 fully saturated rings. The number of benzene rings is 2. The standard InChI is InChI=1S/C19H20N2O3/c1-12-6-7-17(11-18(12)21(23)24)19(22)20-13(2)15-9-8-14-4-3-5-16(14)10-15/h6-11,13H,3-5H2,1-2H3,(H,20,22)/t13-/m1/s1. The molecule has 2 aromatic rings. The van der Waals surface area contributed by atoms with Crippen LogP contribution in [0, 0.1) is 17.0 Å². The summed E-state index contributed by atoms with van der Waals surface area (Å²) in [5.74, 6) is -0.300. The fourth-order valence-corrected chi connectivity index (χ4v) is 3.17. The Balaban J connectivity index is 1.77. The Hall–Kier alpha value is -2.69. The number of nitro groups is 1. The third-order valence-corrected chi connectivity index (χ3v) is 4.64. The van der Waals surface area contributed by atoms with Crippen LogP contribution in [-0.4, -0.2) is 10.8 Å². The molecule has 3 rings (SSSR count). The molecule has 0 unspecified atom stereocenters. The zero-order chi connectivity index (χ0) is 17.3. The first kappa shape index (κ1) is 16.2. The fraction of sp³-hybridized carbons (Fsp3) is 0.316. The maximum Gasteiger partial charge on any atom is 0.273 e. The lowest BCUT2D eigenvalue weighted by Gasteiger charge is -2.16. The summed E-state index contributed by atoms with van der Waals surface area (Å²) in [6.07, 6.45) is 3.41. The number of hydrogen-bond acceptors (Lipinski definition) is 3. The Labute approximate surface area is 140 Å². The second-order valence-electron chi connectivity index (χ2n) is 6.34. The van der Waals surface area contributed by atoms with Crippen LogP contribution in [-0.2, 0) is 12.8 Å². The van der Waals surface area contributed by atoms with Crippen molar-refractivity contribution in [1.82, 2.24) is 5.32 Å². The molecule has 0 bridgehead atoms. The van der Waals surface area contributed by atoms with E-state index in [1.807, 2.05) is 13.0 Å². The lowest BCUT2D eigenvalue weighted by Crippen LogP contribution is -2.26. The summed E-state index contributed by atoms with van der Waals surface area (Å²) >= 11 is 0. The maximum absolute atomic E-state index is 12.4. The van der Waals surface area contributed by atoms with Gasteiger partial charge < -0.3 is 5.32 Å². The summed E-state index contributed by atoms with van der Waals surface area (Å²) < 4.78 is 0. The number of nitrogens with zero attached hydrogens (tertiary/aromatic N) is 1. The molecule has 1 atom stereocenters. The van der Waals surface area contributed by atoms with Gasteiger partial charge in [0, 0.05) is 17.2 Å². The highest BCUT2D eigenvalue weighted by molar-refractivity contribution is 5.95. The van der Waals surface area contributed by atoms with Crippen LogP contribution in [0.1, 0.15) is 52.0 Å². The first-order valence-corrected chi connectivity index (χ1v) is 8.13. The number of rotatable bonds is 4. The number of hydrogen-bond donors (Lipinski definition) is 1. The second-order valence-corrected chi connectivity index (χ2v) is 6.34. The highest BCUT2D eigenvalue weighted by Crippen LogP contribution is 2.26. The largest absolute Gasteiger partial charge is 0.346 e. The summed E-state index contributed by atoms with van der Waals surface area (Å²) in [6.45, 7) is 3.59. The molecule has 0 aliphatic heterocycles. The van der Waals surface area contributed by atoms with Gasteiger partial charge in [0.05, 0.1) is 11.0 Å². The van der Waals surface area contributed by atoms with Gasteiger partial charge in [0.2, 0.25) is 0 Å². The Morgan fingerprint density at radius 3 is 2.67 bits per heavy atom. The Kier molecular flexibility index (Phi) is 4.34. The number of carbonyl (C=O) groups excluding carboxylic acids is 1. The topological polar surface area (TPSA) is 72.2 Å². The van der Waals surface area contributed by atoms with Gasteiger partial charge in [-0.2, -0.15) is 0 Å². The second kappa shape index (κ2) is 6.43. The van der Waals surface area contributed by atoms with Gasteiger partial charge in [-0.3, -0.25) is 14.9 Å². The number of nitrogens with one attached hydrogen (secondary N) is 1. The summed E-state index contributed by atoms with van der Waals surface area (Å²) in [5, 5.41) is 14.0. The molecule has 0 heterocycles. The lowest BCUT2D eigenvalue weighted by atomic mass is 10.0. The maximum atomic E-state index is 12.4. The zero-order valence-corrected chi connectivity index (χ0v) is 13.8. The number of amides is 1. The molecular formula is C19H20N2O3. The van der Waals surface area contributed by atoms with Crippen LogP contribution in [0.25, 0.3) is 0 Å². The van der Waals surface area contributed by atoms with Gasteiger partial charge in [-0.05, 0) is 55.9 Å². The molecule has 5 nitrogen and oxygen atoms in total. The summed E-state index contributed by atoms with van der Waals surface area (Å²) in [5.41, 5.74) is 4.63. The Morgan fingerprint density at radius 2 is 1.92 bits per heavy atom. The number of carbonyl (C=O) groups is 1. The van der Waals surface area contributed by atoms with Crippen molar-refractivity contribution in [2.75, 3.05) is 0 Å². The van der Waals surface area contributed by atoms with Crippen molar-refractivity contribution < 1.29 is 9.72 Å². The van der Waals surface area contributed by atoms with Gasteiger partial charge >= 0.3 is 0 Å². The molecule has 5 heteroatoms. The Morgan fingerprint density at radius 1 is 1.17 bits per heavy atom. The highest BCUT2D eigenvalue weighted by atomic mass is 16.6. The van der Waals surface area contributed by atoms with Crippen LogP contribution in [0.3, 0.4) is 0 Å². The molecule has 0 saturated heterocycles. The van der Waals surface area contributed by atoms with Gasteiger partial charge in [-0.25, -0.2) is 0 Å². The van der Waals surface area contributed by atoms with Crippen molar-refractivity contribution in [3.8, 4) is 0 Å². The summed E-state index contributed by atoms with van der Waals surface area (Å²) in [6, 6.07) is 10.7. The SMILES string of the molecule is Cc1ccc(C(=O)N[C@H](C)c2ccc3c(c2)CCC3)cc1[N+](=O)[O-]. The van der Waals surface area contributed by atoms with Gasteiger partial charge in [0.1, 0.15) is 0 Å². The average molecular weight is 324 g/mol. The molecule has 1 aliphatic carbocycles. The first-order valence-electron chi connectivity index (χ1n) is 8.13. The molecule has 124 valence electrons. The number of aryl methyl sites for hydroxylation is 3. The minimum atomic E-state index is -0.462. The van der Waals surface area contributed by atoms with E-state index in [1.54, 1.807) is 19.1 Å². The molecule has 0 radical (unpaired) electrons. The zero-order valence-electron chi connectivity index (χ0n) is 13.8. The van der Waals surface area contributed by atoms with Crippen molar-refractivity contribution in [3.05, 3.63) is 74.3 Å². The van der Waals surface area contributed by atoms with Crippen LogP contribution in [0.15, 0.2) is 36.4 Å². The van der Waals surface area contributed by atoms with E-state index in [0.29, 0.717) is 11.1 Å². The van der Waals surface area contributed by atoms with Crippen molar-refractivity contribution in [1.29, 1.82) is 0 Å². The number of nitro benzene ring substituents is 1.